The number of aromatic nitrogens is 1. The molecule has 2 N–H and O–H groups in total. The van der Waals surface area contributed by atoms with Crippen molar-refractivity contribution < 1.29 is 9.59 Å². The summed E-state index contributed by atoms with van der Waals surface area (Å²) in [5.41, 5.74) is 2.68. The highest BCUT2D eigenvalue weighted by atomic mass is 32.1. The van der Waals surface area contributed by atoms with Gasteiger partial charge >= 0.3 is 6.03 Å². The first-order valence-electron chi connectivity index (χ1n) is 8.21. The normalized spacial score (nSPS) is 10.5. The highest BCUT2D eigenvalue weighted by Crippen LogP contribution is 2.22. The van der Waals surface area contributed by atoms with Crippen LogP contribution in [0.3, 0.4) is 0 Å². The molecule has 0 fully saturated rings. The molecule has 0 aliphatic carbocycles. The monoisotopic (exact) mass is 368 g/mol. The second-order valence-corrected chi connectivity index (χ2v) is 7.12. The van der Waals surface area contributed by atoms with Crippen molar-refractivity contribution in [3.8, 4) is 0 Å². The summed E-state index contributed by atoms with van der Waals surface area (Å²) < 4.78 is 1.10. The molecule has 0 spiro atoms. The molecule has 134 valence electrons. The number of thiazole rings is 1. The maximum atomic E-state index is 12.2. The summed E-state index contributed by atoms with van der Waals surface area (Å²) >= 11 is 1.57. The summed E-state index contributed by atoms with van der Waals surface area (Å²) in [5.74, 6) is -0.177. The Kier molecular flexibility index (Phi) is 5.48. The first-order valence-corrected chi connectivity index (χ1v) is 9.03. The molecule has 0 aliphatic heterocycles. The van der Waals surface area contributed by atoms with Gasteiger partial charge in [-0.1, -0.05) is 24.3 Å². The lowest BCUT2D eigenvalue weighted by molar-refractivity contribution is -0.129. The zero-order valence-corrected chi connectivity index (χ0v) is 15.5. The Morgan fingerprint density at radius 2 is 1.96 bits per heavy atom. The van der Waals surface area contributed by atoms with E-state index in [1.165, 1.54) is 0 Å². The number of rotatable bonds is 5. The number of amides is 3. The summed E-state index contributed by atoms with van der Waals surface area (Å²) in [6.07, 6.45) is 0. The minimum absolute atomic E-state index is 0.0704. The van der Waals surface area contributed by atoms with E-state index in [1.807, 2.05) is 49.4 Å². The molecule has 6 nitrogen and oxygen atoms in total. The van der Waals surface area contributed by atoms with Crippen molar-refractivity contribution in [2.75, 3.05) is 18.9 Å². The third kappa shape index (κ3) is 4.58. The second kappa shape index (κ2) is 7.97. The molecule has 0 unspecified atom stereocenters. The van der Waals surface area contributed by atoms with E-state index in [1.54, 1.807) is 29.4 Å². The minimum Gasteiger partial charge on any atom is -0.337 e. The van der Waals surface area contributed by atoms with Crippen molar-refractivity contribution in [2.24, 2.45) is 0 Å². The lowest BCUT2D eigenvalue weighted by atomic mass is 10.2. The van der Waals surface area contributed by atoms with E-state index in [4.69, 9.17) is 0 Å². The summed E-state index contributed by atoms with van der Waals surface area (Å²) in [6.45, 7) is 2.29. The number of likely N-dealkylation sites (N-methyl/N-ethyl adjacent to an activating group) is 1. The Hall–Kier alpha value is -2.93. The van der Waals surface area contributed by atoms with Gasteiger partial charge in [0.2, 0.25) is 5.91 Å². The molecule has 7 heteroatoms. The quantitative estimate of drug-likeness (QED) is 0.725. The first kappa shape index (κ1) is 17.9. The van der Waals surface area contributed by atoms with Gasteiger partial charge in [-0.05, 0) is 36.8 Å². The topological polar surface area (TPSA) is 74.3 Å². The number of nitrogens with one attached hydrogen (secondary N) is 2. The van der Waals surface area contributed by atoms with Gasteiger partial charge in [-0.3, -0.25) is 4.79 Å². The van der Waals surface area contributed by atoms with Crippen molar-refractivity contribution in [3.05, 3.63) is 59.1 Å². The number of aryl methyl sites for hydroxylation is 1. The predicted octanol–water partition coefficient (Wildman–Crippen LogP) is 3.38. The Morgan fingerprint density at radius 1 is 1.15 bits per heavy atom. The van der Waals surface area contributed by atoms with Crippen LogP contribution < -0.4 is 10.6 Å². The van der Waals surface area contributed by atoms with Gasteiger partial charge in [-0.15, -0.1) is 11.3 Å². The number of nitrogens with zero attached hydrogens (tertiary/aromatic N) is 2. The number of para-hydroxylation sites is 1. The Labute approximate surface area is 155 Å². The van der Waals surface area contributed by atoms with Crippen LogP contribution in [0, 0.1) is 6.92 Å². The summed E-state index contributed by atoms with van der Waals surface area (Å²) in [6, 6.07) is 14.9. The van der Waals surface area contributed by atoms with E-state index in [2.05, 4.69) is 15.6 Å². The van der Waals surface area contributed by atoms with Crippen molar-refractivity contribution in [1.29, 1.82) is 0 Å². The SMILES string of the molecule is Cc1cccc(NC(=O)NCC(=O)N(C)Cc2nc3ccccc3s2)c1. The summed E-state index contributed by atoms with van der Waals surface area (Å²) in [4.78, 5) is 30.2. The first-order chi connectivity index (χ1) is 12.5. The molecule has 0 bridgehead atoms. The molecule has 3 amide bonds. The Morgan fingerprint density at radius 3 is 2.73 bits per heavy atom. The van der Waals surface area contributed by atoms with Gasteiger partial charge in [0.05, 0.1) is 23.3 Å². The van der Waals surface area contributed by atoms with Crippen molar-refractivity contribution in [1.82, 2.24) is 15.2 Å². The number of benzene rings is 2. The van der Waals surface area contributed by atoms with Crippen molar-refractivity contribution in [3.63, 3.8) is 0 Å². The molecule has 0 atom stereocenters. The van der Waals surface area contributed by atoms with Gasteiger partial charge in [0.15, 0.2) is 0 Å². The van der Waals surface area contributed by atoms with Crippen LogP contribution in [0.5, 0.6) is 0 Å². The zero-order chi connectivity index (χ0) is 18.5. The molecule has 0 aliphatic rings. The zero-order valence-electron chi connectivity index (χ0n) is 14.7. The summed E-state index contributed by atoms with van der Waals surface area (Å²) in [5, 5.41) is 6.17. The van der Waals surface area contributed by atoms with Crippen molar-refractivity contribution >= 4 is 39.2 Å². The Balaban J connectivity index is 1.50. The number of carbonyl (C=O) groups excluding carboxylic acids is 2. The van der Waals surface area contributed by atoms with E-state index in [0.717, 1.165) is 20.8 Å². The molecule has 3 aromatic rings. The average molecular weight is 368 g/mol. The van der Waals surface area contributed by atoms with E-state index >= 15 is 0 Å². The molecule has 26 heavy (non-hydrogen) atoms. The van der Waals surface area contributed by atoms with Crippen LogP contribution in [-0.2, 0) is 11.3 Å². The lowest BCUT2D eigenvalue weighted by Crippen LogP contribution is -2.39. The van der Waals surface area contributed by atoms with Crippen LogP contribution >= 0.6 is 11.3 Å². The van der Waals surface area contributed by atoms with Crippen LogP contribution in [-0.4, -0.2) is 35.4 Å². The molecule has 0 radical (unpaired) electrons. The third-order valence-electron chi connectivity index (χ3n) is 3.81. The number of fused-ring (bicyclic) bond motifs is 1. The number of hydrogen-bond acceptors (Lipinski definition) is 4. The van der Waals surface area contributed by atoms with Gasteiger partial charge in [0, 0.05) is 12.7 Å². The molecule has 2 aromatic carbocycles. The molecule has 0 saturated carbocycles. The highest BCUT2D eigenvalue weighted by molar-refractivity contribution is 7.18. The highest BCUT2D eigenvalue weighted by Gasteiger charge is 2.13. The average Bonchev–Trinajstić information content (AvgIpc) is 3.01. The van der Waals surface area contributed by atoms with Gasteiger partial charge in [0.1, 0.15) is 5.01 Å². The molecular weight excluding hydrogens is 348 g/mol. The maximum Gasteiger partial charge on any atom is 0.319 e. The fourth-order valence-corrected chi connectivity index (χ4v) is 3.49. The number of hydrogen-bond donors (Lipinski definition) is 2. The van der Waals surface area contributed by atoms with Gasteiger partial charge in [-0.25, -0.2) is 9.78 Å². The largest absolute Gasteiger partial charge is 0.337 e. The van der Waals surface area contributed by atoms with E-state index < -0.39 is 6.03 Å². The summed E-state index contributed by atoms with van der Waals surface area (Å²) in [7, 11) is 1.70. The van der Waals surface area contributed by atoms with Gasteiger partial charge in [0.25, 0.3) is 0 Å². The van der Waals surface area contributed by atoms with E-state index in [0.29, 0.717) is 12.2 Å². The van der Waals surface area contributed by atoms with E-state index in [9.17, 15) is 9.59 Å². The molecule has 3 rings (SSSR count). The minimum atomic E-state index is -0.405. The maximum absolute atomic E-state index is 12.2. The smallest absolute Gasteiger partial charge is 0.319 e. The number of urea groups is 1. The van der Waals surface area contributed by atoms with Crippen LogP contribution in [0.15, 0.2) is 48.5 Å². The van der Waals surface area contributed by atoms with Crippen LogP contribution in [0.4, 0.5) is 10.5 Å². The predicted molar refractivity (Wildman–Crippen MR) is 104 cm³/mol. The fraction of sp³-hybridized carbons (Fsp3) is 0.211. The molecule has 1 aromatic heterocycles. The number of anilines is 1. The lowest BCUT2D eigenvalue weighted by Gasteiger charge is -2.16. The molecule has 1 heterocycles. The van der Waals surface area contributed by atoms with Crippen LogP contribution in [0.2, 0.25) is 0 Å². The van der Waals surface area contributed by atoms with Gasteiger partial charge in [-0.2, -0.15) is 0 Å². The number of carbonyl (C=O) groups is 2. The molecular formula is C19H20N4O2S. The van der Waals surface area contributed by atoms with Gasteiger partial charge < -0.3 is 15.5 Å². The Bertz CT molecular complexity index is 905. The van der Waals surface area contributed by atoms with Crippen LogP contribution in [0.1, 0.15) is 10.6 Å². The third-order valence-corrected chi connectivity index (χ3v) is 4.83. The second-order valence-electron chi connectivity index (χ2n) is 6.00. The van der Waals surface area contributed by atoms with E-state index in [-0.39, 0.29) is 12.5 Å². The fourth-order valence-electron chi connectivity index (χ4n) is 2.47. The standard InChI is InChI=1S/C19H20N4O2S/c1-13-6-5-7-14(10-13)21-19(25)20-11-18(24)23(2)12-17-22-15-8-3-4-9-16(15)26-17/h3-10H,11-12H2,1-2H3,(H2,20,21,25). The molecule has 0 saturated heterocycles. The van der Waals surface area contributed by atoms with Crippen LogP contribution in [0.25, 0.3) is 10.2 Å². The van der Waals surface area contributed by atoms with Crippen molar-refractivity contribution in [2.45, 2.75) is 13.5 Å².